The minimum absolute atomic E-state index is 0.318. The zero-order valence-electron chi connectivity index (χ0n) is 11.0. The van der Waals surface area contributed by atoms with E-state index < -0.39 is 0 Å². The zero-order chi connectivity index (χ0) is 12.6. The second-order valence-corrected chi connectivity index (χ2v) is 4.10. The molecule has 0 aliphatic heterocycles. The van der Waals surface area contributed by atoms with Crippen LogP contribution in [0.25, 0.3) is 0 Å². The predicted octanol–water partition coefficient (Wildman–Crippen LogP) is 3.41. The van der Waals surface area contributed by atoms with Gasteiger partial charge in [0.15, 0.2) is 0 Å². The minimum Gasteiger partial charge on any atom is -0.313 e. The lowest BCUT2D eigenvalue weighted by Crippen LogP contribution is -2.15. The molecule has 0 radical (unpaired) electrons. The molecule has 0 fully saturated rings. The van der Waals surface area contributed by atoms with E-state index in [1.165, 1.54) is 5.56 Å². The largest absolute Gasteiger partial charge is 0.313 e. The molecule has 0 aliphatic rings. The van der Waals surface area contributed by atoms with Gasteiger partial charge in [0.25, 0.3) is 0 Å². The van der Waals surface area contributed by atoms with Crippen molar-refractivity contribution in [3.63, 3.8) is 0 Å². The maximum atomic E-state index is 7.98. The Morgan fingerprint density at radius 3 is 2.06 bits per heavy atom. The van der Waals surface area contributed by atoms with Crippen molar-refractivity contribution in [2.24, 2.45) is 0 Å². The molecule has 1 unspecified atom stereocenters. The van der Waals surface area contributed by atoms with Crippen molar-refractivity contribution in [2.45, 2.75) is 19.4 Å². The van der Waals surface area contributed by atoms with Gasteiger partial charge in [0, 0.05) is 7.89 Å². The van der Waals surface area contributed by atoms with Crippen LogP contribution in [-0.4, -0.2) is 6.54 Å². The van der Waals surface area contributed by atoms with Gasteiger partial charge in [0.2, 0.25) is 0 Å². The fourth-order valence-electron chi connectivity index (χ4n) is 1.78. The number of hydrogen-bond acceptors (Lipinski definition) is 1. The Labute approximate surface area is 105 Å². The minimum atomic E-state index is -0.318. The first kappa shape index (κ1) is 10.5. The summed E-state index contributed by atoms with van der Waals surface area (Å²) in [5.74, 6) is 0. The monoisotopic (exact) mass is 226 g/mol. The third-order valence-electron chi connectivity index (χ3n) is 2.70. The lowest BCUT2D eigenvalue weighted by molar-refractivity contribution is 0.649. The van der Waals surface area contributed by atoms with Gasteiger partial charge in [-0.2, -0.15) is 0 Å². The maximum absolute atomic E-state index is 7.98. The van der Waals surface area contributed by atoms with Crippen LogP contribution in [0.1, 0.15) is 18.9 Å². The van der Waals surface area contributed by atoms with E-state index in [2.05, 4.69) is 29.6 Å². The van der Waals surface area contributed by atoms with Crippen LogP contribution >= 0.6 is 0 Å². The van der Waals surface area contributed by atoms with E-state index in [4.69, 9.17) is 1.37 Å². The first-order valence-electron chi connectivity index (χ1n) is 6.68. The summed E-state index contributed by atoms with van der Waals surface area (Å²) in [4.78, 5) is 0. The number of hydrogen-bond donors (Lipinski definition) is 1. The van der Waals surface area contributed by atoms with Crippen LogP contribution in [0.3, 0.4) is 0 Å². The van der Waals surface area contributed by atoms with E-state index in [0.29, 0.717) is 0 Å². The average molecular weight is 226 g/mol. The normalized spacial score (nSPS) is 13.1. The summed E-state index contributed by atoms with van der Waals surface area (Å²) in [6.45, 7) is 0.555. The summed E-state index contributed by atoms with van der Waals surface area (Å²) in [5, 5.41) is 3.24. The van der Waals surface area contributed by atoms with Gasteiger partial charge in [-0.25, -0.2) is 0 Å². The predicted molar refractivity (Wildman–Crippen MR) is 72.9 cm³/mol. The molecule has 17 heavy (non-hydrogen) atoms. The van der Waals surface area contributed by atoms with Crippen molar-refractivity contribution in [1.82, 2.24) is 5.32 Å². The Balaban J connectivity index is 1.70. The summed E-state index contributed by atoms with van der Waals surface area (Å²) in [6.07, 6.45) is 2.13. The molecule has 1 atom stereocenters. The first-order valence-corrected chi connectivity index (χ1v) is 6.11. The number of nitrogens with one attached hydrogen (secondary N) is 1. The smallest absolute Gasteiger partial charge is 0.0479 e. The van der Waals surface area contributed by atoms with Gasteiger partial charge in [-0.3, -0.25) is 0 Å². The Bertz CT molecular complexity index is 441. The molecule has 2 rings (SSSR count). The van der Waals surface area contributed by atoms with E-state index in [1.807, 2.05) is 36.4 Å². The molecule has 0 amide bonds. The van der Waals surface area contributed by atoms with Gasteiger partial charge in [-0.15, -0.1) is 0 Å². The van der Waals surface area contributed by atoms with Crippen molar-refractivity contribution in [3.05, 3.63) is 71.8 Å². The van der Waals surface area contributed by atoms with Crippen LogP contribution in [-0.2, 0) is 12.9 Å². The Kier molecular flexibility index (Phi) is 4.26. The summed E-state index contributed by atoms with van der Waals surface area (Å²) in [5.41, 5.74) is 2.39. The topological polar surface area (TPSA) is 12.0 Å². The Morgan fingerprint density at radius 2 is 1.41 bits per heavy atom. The fourth-order valence-corrected chi connectivity index (χ4v) is 1.78. The van der Waals surface area contributed by atoms with E-state index in [-0.39, 0.29) is 6.52 Å². The van der Waals surface area contributed by atoms with Gasteiger partial charge in [0.05, 0.1) is 0 Å². The molecule has 0 saturated heterocycles. The molecule has 2 aromatic carbocycles. The lowest BCUT2D eigenvalue weighted by Gasteiger charge is -2.05. The second-order valence-electron chi connectivity index (χ2n) is 4.10. The van der Waals surface area contributed by atoms with Crippen molar-refractivity contribution in [2.75, 3.05) is 6.54 Å². The van der Waals surface area contributed by atoms with Crippen LogP contribution in [0.5, 0.6) is 0 Å². The van der Waals surface area contributed by atoms with E-state index in [9.17, 15) is 0 Å². The van der Waals surface area contributed by atoms with E-state index >= 15 is 0 Å². The Hall–Kier alpha value is -1.60. The molecule has 0 saturated carbocycles. The highest BCUT2D eigenvalue weighted by molar-refractivity contribution is 5.15. The fraction of sp³-hybridized carbons (Fsp3) is 0.250. The third-order valence-corrected chi connectivity index (χ3v) is 2.70. The van der Waals surface area contributed by atoms with Crippen molar-refractivity contribution >= 4 is 0 Å². The summed E-state index contributed by atoms with van der Waals surface area (Å²) < 4.78 is 7.98. The lowest BCUT2D eigenvalue weighted by atomic mass is 10.1. The van der Waals surface area contributed by atoms with Gasteiger partial charge < -0.3 is 5.32 Å². The van der Waals surface area contributed by atoms with E-state index in [0.717, 1.165) is 24.9 Å². The molecule has 0 aliphatic carbocycles. The van der Waals surface area contributed by atoms with Crippen LogP contribution < -0.4 is 5.32 Å². The highest BCUT2D eigenvalue weighted by Crippen LogP contribution is 2.02. The molecule has 0 heterocycles. The molecule has 1 N–H and O–H groups in total. The molecule has 2 aromatic rings. The summed E-state index contributed by atoms with van der Waals surface area (Å²) in [7, 11) is 0. The molecular weight excluding hydrogens is 206 g/mol. The van der Waals surface area contributed by atoms with Crippen LogP contribution in [0.2, 0.25) is 0 Å². The van der Waals surface area contributed by atoms with Gasteiger partial charge in [-0.05, 0) is 30.5 Å². The Morgan fingerprint density at radius 1 is 0.824 bits per heavy atom. The van der Waals surface area contributed by atoms with Crippen molar-refractivity contribution < 1.29 is 1.37 Å². The van der Waals surface area contributed by atoms with Crippen molar-refractivity contribution in [1.29, 1.82) is 0 Å². The van der Waals surface area contributed by atoms with Crippen LogP contribution in [0, 0.1) is 0 Å². The number of benzene rings is 2. The van der Waals surface area contributed by atoms with Gasteiger partial charge >= 0.3 is 0 Å². The SMILES string of the molecule is [2H]C(NCCCc1ccccc1)c1ccccc1. The third kappa shape index (κ3) is 4.41. The van der Waals surface area contributed by atoms with E-state index in [1.54, 1.807) is 0 Å². The molecule has 1 nitrogen and oxygen atoms in total. The average Bonchev–Trinajstić information content (AvgIpc) is 2.45. The van der Waals surface area contributed by atoms with Crippen molar-refractivity contribution in [3.8, 4) is 0 Å². The molecule has 1 heteroatoms. The highest BCUT2D eigenvalue weighted by Gasteiger charge is 1.93. The molecular formula is C16H19N. The summed E-state index contributed by atoms with van der Waals surface area (Å²) >= 11 is 0. The second kappa shape index (κ2) is 6.87. The maximum Gasteiger partial charge on any atom is 0.0479 e. The molecule has 0 aromatic heterocycles. The standard InChI is InChI=1S/C16H19N/c1-3-8-15(9-4-1)12-7-13-17-14-16-10-5-2-6-11-16/h1-6,8-11,17H,7,12-14H2/i14D. The molecule has 88 valence electrons. The molecule has 0 bridgehead atoms. The molecule has 0 spiro atoms. The van der Waals surface area contributed by atoms with Crippen LogP contribution in [0.15, 0.2) is 60.7 Å². The highest BCUT2D eigenvalue weighted by atomic mass is 14.8. The quantitative estimate of drug-likeness (QED) is 0.744. The first-order chi connectivity index (χ1) is 8.86. The van der Waals surface area contributed by atoms with Crippen LogP contribution in [0.4, 0.5) is 0 Å². The zero-order valence-corrected chi connectivity index (χ0v) is 9.97. The van der Waals surface area contributed by atoms with Gasteiger partial charge in [0.1, 0.15) is 0 Å². The summed E-state index contributed by atoms with van der Waals surface area (Å²) in [6, 6.07) is 20.4. The number of aryl methyl sites for hydroxylation is 1. The van der Waals surface area contributed by atoms with Gasteiger partial charge in [-0.1, -0.05) is 60.7 Å². The number of rotatable bonds is 6.